The van der Waals surface area contributed by atoms with E-state index in [1.165, 1.54) is 30.7 Å². The van der Waals surface area contributed by atoms with Crippen molar-refractivity contribution in [3.05, 3.63) is 0 Å². The Morgan fingerprint density at radius 1 is 1.07 bits per heavy atom. The fourth-order valence-electron chi connectivity index (χ4n) is 1.34. The van der Waals surface area contributed by atoms with E-state index >= 15 is 0 Å². The van der Waals surface area contributed by atoms with Crippen molar-refractivity contribution >= 4 is 5.97 Å². The highest BCUT2D eigenvalue weighted by Gasteiger charge is 2.16. The molecule has 0 fully saturated rings. The van der Waals surface area contributed by atoms with E-state index in [0.29, 0.717) is 0 Å². The average Bonchev–Trinajstić information content (AvgIpc) is 2.23. The summed E-state index contributed by atoms with van der Waals surface area (Å²) in [6.07, 6.45) is 0. The van der Waals surface area contributed by atoms with Gasteiger partial charge in [-0.05, 0) is 27.7 Å². The fraction of sp³-hybridized carbons (Fsp3) is 0.900. The van der Waals surface area contributed by atoms with E-state index in [2.05, 4.69) is 33.4 Å². The third-order valence-corrected chi connectivity index (χ3v) is 2.86. The van der Waals surface area contributed by atoms with E-state index < -0.39 is 5.97 Å². The molecule has 15 heavy (non-hydrogen) atoms. The third-order valence-electron chi connectivity index (χ3n) is 2.86. The van der Waals surface area contributed by atoms with Crippen LogP contribution in [0.1, 0.15) is 27.7 Å². The molecule has 0 saturated heterocycles. The number of hydrogen-bond acceptors (Lipinski definition) is 3. The maximum absolute atomic E-state index is 9.24. The quantitative estimate of drug-likeness (QED) is 0.671. The van der Waals surface area contributed by atoms with Gasteiger partial charge >= 0.3 is 5.97 Å². The lowest BCUT2D eigenvalue weighted by atomic mass is 10.3. The largest absolute Gasteiger partial charge is 0.870 e. The van der Waals surface area contributed by atoms with Gasteiger partial charge in [0.15, 0.2) is 0 Å². The average molecular weight is 222 g/mol. The van der Waals surface area contributed by atoms with Crippen molar-refractivity contribution < 1.29 is 19.9 Å². The van der Waals surface area contributed by atoms with Crippen LogP contribution in [-0.4, -0.2) is 53.8 Å². The second kappa shape index (κ2) is 11.4. The highest BCUT2D eigenvalue weighted by molar-refractivity contribution is 5.68. The minimum absolute atomic E-state index is 0. The smallest absolute Gasteiger partial charge is 0.317 e. The van der Waals surface area contributed by atoms with Gasteiger partial charge < -0.3 is 20.8 Å². The zero-order chi connectivity index (χ0) is 11.6. The number of carboxylic acid groups (broad SMARTS) is 1. The SMILES string of the molecule is CC[N+](CC)(CC)CC.NCC(=O)O.[OH-]. The van der Waals surface area contributed by atoms with Crippen molar-refractivity contribution in [2.75, 3.05) is 32.7 Å². The predicted octanol–water partition coefficient (Wildman–Crippen LogP) is 0.736. The monoisotopic (exact) mass is 222 g/mol. The fourth-order valence-corrected chi connectivity index (χ4v) is 1.34. The number of quaternary nitrogens is 1. The van der Waals surface area contributed by atoms with E-state index in [1.807, 2.05) is 0 Å². The van der Waals surface area contributed by atoms with Gasteiger partial charge in [0.25, 0.3) is 0 Å². The number of carboxylic acids is 1. The second-order valence-electron chi connectivity index (χ2n) is 3.20. The van der Waals surface area contributed by atoms with Crippen LogP contribution in [-0.2, 0) is 4.79 Å². The van der Waals surface area contributed by atoms with E-state index in [0.717, 1.165) is 0 Å². The minimum Gasteiger partial charge on any atom is -0.870 e. The van der Waals surface area contributed by atoms with Gasteiger partial charge in [0.1, 0.15) is 0 Å². The molecule has 0 aromatic rings. The molecule has 0 atom stereocenters. The molecule has 5 heteroatoms. The van der Waals surface area contributed by atoms with Crippen molar-refractivity contribution in [2.24, 2.45) is 5.73 Å². The topological polar surface area (TPSA) is 93.3 Å². The summed E-state index contributed by atoms with van der Waals surface area (Å²) in [5.41, 5.74) is 4.57. The summed E-state index contributed by atoms with van der Waals surface area (Å²) >= 11 is 0. The van der Waals surface area contributed by atoms with Gasteiger partial charge in [0.05, 0.1) is 32.7 Å². The lowest BCUT2D eigenvalue weighted by molar-refractivity contribution is -0.921. The second-order valence-corrected chi connectivity index (χ2v) is 3.20. The first-order valence-corrected chi connectivity index (χ1v) is 5.28. The zero-order valence-electron chi connectivity index (χ0n) is 10.4. The number of aliphatic carboxylic acids is 1. The Morgan fingerprint density at radius 2 is 1.27 bits per heavy atom. The summed E-state index contributed by atoms with van der Waals surface area (Å²) in [5, 5.41) is 7.60. The van der Waals surface area contributed by atoms with Gasteiger partial charge in [0.2, 0.25) is 0 Å². The van der Waals surface area contributed by atoms with Crippen LogP contribution in [0, 0.1) is 0 Å². The van der Waals surface area contributed by atoms with Crippen LogP contribution in [0.2, 0.25) is 0 Å². The lowest BCUT2D eigenvalue weighted by Gasteiger charge is -2.34. The standard InChI is InChI=1S/C8H20N.C2H5NO2.H2O/c1-5-9(6-2,7-3)8-4;3-1-2(4)5;/h5-8H2,1-4H3;1,3H2,(H,4,5);1H2/q+1;;/p-1. The molecule has 0 aromatic carbocycles. The Morgan fingerprint density at radius 3 is 1.27 bits per heavy atom. The molecule has 0 heterocycles. The van der Waals surface area contributed by atoms with Crippen LogP contribution in [0.4, 0.5) is 0 Å². The van der Waals surface area contributed by atoms with Gasteiger partial charge in [-0.25, -0.2) is 0 Å². The highest BCUT2D eigenvalue weighted by atomic mass is 16.4. The summed E-state index contributed by atoms with van der Waals surface area (Å²) in [4.78, 5) is 9.24. The molecule has 0 spiro atoms. The molecule has 0 rings (SSSR count). The highest BCUT2D eigenvalue weighted by Crippen LogP contribution is 2.03. The van der Waals surface area contributed by atoms with E-state index in [-0.39, 0.29) is 12.0 Å². The predicted molar refractivity (Wildman–Crippen MR) is 61.1 cm³/mol. The number of hydrogen-bond donors (Lipinski definition) is 2. The Balaban J connectivity index is -0.000000208. The molecular weight excluding hydrogens is 196 g/mol. The molecule has 0 aliphatic rings. The first kappa shape index (κ1) is 19.9. The Bertz CT molecular complexity index is 130. The molecule has 0 amide bonds. The van der Waals surface area contributed by atoms with Gasteiger partial charge in [0, 0.05) is 0 Å². The molecule has 0 aromatic heterocycles. The van der Waals surface area contributed by atoms with Crippen LogP contribution in [0.5, 0.6) is 0 Å². The van der Waals surface area contributed by atoms with Crippen molar-refractivity contribution in [1.82, 2.24) is 0 Å². The Labute approximate surface area is 92.8 Å². The number of nitrogens with two attached hydrogens (primary N) is 1. The van der Waals surface area contributed by atoms with Crippen LogP contribution >= 0.6 is 0 Å². The van der Waals surface area contributed by atoms with Crippen LogP contribution in [0.3, 0.4) is 0 Å². The Hall–Kier alpha value is -0.650. The number of nitrogens with zero attached hydrogens (tertiary/aromatic N) is 1. The lowest BCUT2D eigenvalue weighted by Crippen LogP contribution is -2.47. The molecule has 0 aliphatic carbocycles. The molecule has 94 valence electrons. The first-order valence-electron chi connectivity index (χ1n) is 5.28. The number of carbonyl (C=O) groups is 1. The van der Waals surface area contributed by atoms with E-state index in [9.17, 15) is 4.79 Å². The van der Waals surface area contributed by atoms with E-state index in [4.69, 9.17) is 5.11 Å². The van der Waals surface area contributed by atoms with Crippen LogP contribution in [0.15, 0.2) is 0 Å². The molecule has 0 saturated carbocycles. The normalized spacial score (nSPS) is 9.67. The van der Waals surface area contributed by atoms with Crippen LogP contribution in [0.25, 0.3) is 0 Å². The van der Waals surface area contributed by atoms with Crippen LogP contribution < -0.4 is 5.73 Å². The Kier molecular flexibility index (Phi) is 15.1. The van der Waals surface area contributed by atoms with Crippen molar-refractivity contribution in [1.29, 1.82) is 0 Å². The van der Waals surface area contributed by atoms with Gasteiger partial charge in [-0.15, -0.1) is 0 Å². The molecule has 5 nitrogen and oxygen atoms in total. The summed E-state index contributed by atoms with van der Waals surface area (Å²) in [7, 11) is 0. The molecule has 0 radical (unpaired) electrons. The summed E-state index contributed by atoms with van der Waals surface area (Å²) < 4.78 is 1.28. The van der Waals surface area contributed by atoms with Gasteiger partial charge in [-0.1, -0.05) is 0 Å². The van der Waals surface area contributed by atoms with E-state index in [1.54, 1.807) is 0 Å². The van der Waals surface area contributed by atoms with Crippen molar-refractivity contribution in [3.63, 3.8) is 0 Å². The maximum atomic E-state index is 9.24. The summed E-state index contributed by atoms with van der Waals surface area (Å²) in [6.45, 7) is 13.9. The first-order chi connectivity index (χ1) is 6.51. The summed E-state index contributed by atoms with van der Waals surface area (Å²) in [5.74, 6) is -0.968. The molecule has 4 N–H and O–H groups in total. The third kappa shape index (κ3) is 9.65. The van der Waals surface area contributed by atoms with Gasteiger partial charge in [-0.3, -0.25) is 4.79 Å². The number of rotatable bonds is 5. The van der Waals surface area contributed by atoms with Crippen molar-refractivity contribution in [3.8, 4) is 0 Å². The zero-order valence-corrected chi connectivity index (χ0v) is 10.4. The molecule has 0 unspecified atom stereocenters. The van der Waals surface area contributed by atoms with Crippen molar-refractivity contribution in [2.45, 2.75) is 27.7 Å². The molecule has 0 aliphatic heterocycles. The maximum Gasteiger partial charge on any atom is 0.317 e. The molecule has 0 bridgehead atoms. The molecular formula is C10H26N2O3. The minimum atomic E-state index is -0.968. The van der Waals surface area contributed by atoms with Gasteiger partial charge in [-0.2, -0.15) is 0 Å². The summed E-state index contributed by atoms with van der Waals surface area (Å²) in [6, 6.07) is 0.